The van der Waals surface area contributed by atoms with Gasteiger partial charge in [-0.2, -0.15) is 0 Å². The third kappa shape index (κ3) is 5.62. The van der Waals surface area contributed by atoms with Crippen LogP contribution in [0.5, 0.6) is 5.75 Å². The van der Waals surface area contributed by atoms with E-state index in [1.54, 1.807) is 25.2 Å². The van der Waals surface area contributed by atoms with E-state index in [2.05, 4.69) is 22.5 Å². The third-order valence-electron chi connectivity index (χ3n) is 5.92. The van der Waals surface area contributed by atoms with Crippen molar-refractivity contribution < 1.29 is 29.0 Å². The van der Waals surface area contributed by atoms with Crippen LogP contribution in [0.25, 0.3) is 0 Å². The van der Waals surface area contributed by atoms with Gasteiger partial charge >= 0.3 is 11.8 Å². The Morgan fingerprint density at radius 3 is 2.63 bits per heavy atom. The van der Waals surface area contributed by atoms with Crippen molar-refractivity contribution in [2.45, 2.75) is 24.5 Å². The zero-order valence-electron chi connectivity index (χ0n) is 19.5. The lowest BCUT2D eigenvalue weighted by Crippen LogP contribution is -2.53. The summed E-state index contributed by atoms with van der Waals surface area (Å²) in [7, 11) is 1.56. The molecule has 182 valence electrons. The molecule has 1 saturated heterocycles. The maximum Gasteiger partial charge on any atom is 0.310 e. The van der Waals surface area contributed by atoms with E-state index in [-0.39, 0.29) is 32.3 Å². The number of nitrogens with one attached hydrogen (secondary N) is 2. The Labute approximate surface area is 203 Å². The van der Waals surface area contributed by atoms with Gasteiger partial charge in [-0.1, -0.05) is 49.1 Å². The molecule has 0 aliphatic carbocycles. The van der Waals surface area contributed by atoms with Crippen molar-refractivity contribution in [3.63, 3.8) is 0 Å². The monoisotopic (exact) mass is 477 g/mol. The smallest absolute Gasteiger partial charge is 0.310 e. The predicted molar refractivity (Wildman–Crippen MR) is 128 cm³/mol. The van der Waals surface area contributed by atoms with Crippen LogP contribution in [0.15, 0.2) is 48.5 Å². The van der Waals surface area contributed by atoms with E-state index in [9.17, 15) is 19.5 Å². The molecule has 2 aromatic carbocycles. The molecular formula is C26H27N3O6. The fourth-order valence-electron chi connectivity index (χ4n) is 3.68. The molecule has 2 aromatic rings. The van der Waals surface area contributed by atoms with E-state index in [4.69, 9.17) is 9.47 Å². The Bertz CT molecular complexity index is 1180. The summed E-state index contributed by atoms with van der Waals surface area (Å²) in [5, 5.41) is 15.2. The first-order chi connectivity index (χ1) is 16.8. The van der Waals surface area contributed by atoms with Crippen molar-refractivity contribution >= 4 is 23.4 Å². The average Bonchev–Trinajstić information content (AvgIpc) is 2.97. The number of fused-ring (bicyclic) bond motifs is 1. The van der Waals surface area contributed by atoms with Gasteiger partial charge in [-0.3, -0.25) is 14.4 Å². The number of nitrogens with zero attached hydrogens (tertiary/aromatic N) is 1. The zero-order valence-corrected chi connectivity index (χ0v) is 19.5. The molecule has 9 nitrogen and oxygen atoms in total. The Morgan fingerprint density at radius 2 is 1.94 bits per heavy atom. The van der Waals surface area contributed by atoms with Crippen LogP contribution >= 0.6 is 0 Å². The topological polar surface area (TPSA) is 117 Å². The van der Waals surface area contributed by atoms with Crippen LogP contribution in [0.3, 0.4) is 0 Å². The van der Waals surface area contributed by atoms with Gasteiger partial charge in [0.2, 0.25) is 0 Å². The Morgan fingerprint density at radius 1 is 1.20 bits per heavy atom. The Kier molecular flexibility index (Phi) is 7.05. The minimum atomic E-state index is -1.15. The molecule has 2 aliphatic rings. The molecule has 2 heterocycles. The molecule has 9 heteroatoms. The molecule has 4 rings (SSSR count). The fourth-order valence-corrected chi connectivity index (χ4v) is 3.68. The number of hydrogen-bond acceptors (Lipinski definition) is 6. The second kappa shape index (κ2) is 10.2. The molecular weight excluding hydrogens is 450 g/mol. The second-order valence-corrected chi connectivity index (χ2v) is 8.71. The molecule has 3 amide bonds. The Hall–Kier alpha value is -3.87. The predicted octanol–water partition coefficient (Wildman–Crippen LogP) is 0.559. The molecule has 2 atom stereocenters. The molecule has 0 radical (unpaired) electrons. The van der Waals surface area contributed by atoms with E-state index < -0.39 is 29.4 Å². The molecule has 3 N–H and O–H groups in total. The van der Waals surface area contributed by atoms with Crippen molar-refractivity contribution in [2.24, 2.45) is 0 Å². The van der Waals surface area contributed by atoms with Gasteiger partial charge in [-0.15, -0.1) is 0 Å². The summed E-state index contributed by atoms with van der Waals surface area (Å²) < 4.78 is 10.7. The second-order valence-electron chi connectivity index (χ2n) is 8.71. The lowest BCUT2D eigenvalue weighted by atomic mass is 10.0. The first kappa shape index (κ1) is 24.3. The molecule has 0 unspecified atom stereocenters. The summed E-state index contributed by atoms with van der Waals surface area (Å²) in [5.41, 5.74) is 0.942. The molecule has 2 aliphatic heterocycles. The van der Waals surface area contributed by atoms with Crippen LogP contribution in [-0.2, 0) is 19.1 Å². The standard InChI is InChI=1S/C26H27N3O6/c1-17(19-6-4-3-5-7-19)13-27-23(30)24(31)28-20-14-35-22-9-8-18(10-11-26(33)15-34-16-26)12-21(22)29(2)25(20)32/h3-9,12,17,20,33H,13-16H2,1-2H3,(H,27,30)(H,28,31)/t17-,20-/m0/s1. The number of carbonyl (C=O) groups excluding carboxylic acids is 3. The molecule has 0 spiro atoms. The van der Waals surface area contributed by atoms with Crippen molar-refractivity contribution in [1.82, 2.24) is 10.6 Å². The van der Waals surface area contributed by atoms with E-state index in [0.29, 0.717) is 17.0 Å². The molecule has 0 aromatic heterocycles. The van der Waals surface area contributed by atoms with Gasteiger partial charge in [0.05, 0.1) is 18.9 Å². The van der Waals surface area contributed by atoms with Gasteiger partial charge in [-0.05, 0) is 29.7 Å². The highest BCUT2D eigenvalue weighted by Gasteiger charge is 2.34. The summed E-state index contributed by atoms with van der Waals surface area (Å²) in [5.74, 6) is 3.96. The SMILES string of the molecule is C[C@@H](CNC(=O)C(=O)N[C@H]1COc2ccc(C#CC3(O)COC3)cc2N(C)C1=O)c1ccccc1. The number of amides is 3. The first-order valence-corrected chi connectivity index (χ1v) is 11.3. The lowest BCUT2D eigenvalue weighted by Gasteiger charge is -2.30. The van der Waals surface area contributed by atoms with Crippen molar-refractivity contribution in [2.75, 3.05) is 38.3 Å². The zero-order chi connectivity index (χ0) is 25.0. The number of anilines is 1. The fraction of sp³-hybridized carbons (Fsp3) is 0.346. The number of rotatable bonds is 4. The van der Waals surface area contributed by atoms with Gasteiger partial charge in [0.25, 0.3) is 5.91 Å². The number of likely N-dealkylation sites (N-methyl/N-ethyl adjacent to an activating group) is 1. The van der Waals surface area contributed by atoms with E-state index in [1.165, 1.54) is 4.90 Å². The average molecular weight is 478 g/mol. The van der Waals surface area contributed by atoms with Crippen LogP contribution in [0.2, 0.25) is 0 Å². The summed E-state index contributed by atoms with van der Waals surface area (Å²) in [4.78, 5) is 39.2. The number of aliphatic hydroxyl groups is 1. The van der Waals surface area contributed by atoms with Crippen LogP contribution in [-0.4, -0.2) is 67.9 Å². The lowest BCUT2D eigenvalue weighted by molar-refractivity contribution is -0.140. The minimum Gasteiger partial charge on any atom is -0.489 e. The molecule has 35 heavy (non-hydrogen) atoms. The molecule has 0 saturated carbocycles. The van der Waals surface area contributed by atoms with Crippen LogP contribution < -0.4 is 20.3 Å². The van der Waals surface area contributed by atoms with Crippen LogP contribution in [0.4, 0.5) is 5.69 Å². The van der Waals surface area contributed by atoms with E-state index >= 15 is 0 Å². The normalized spacial score (nSPS) is 19.0. The van der Waals surface area contributed by atoms with Gasteiger partial charge in [0, 0.05) is 19.2 Å². The minimum absolute atomic E-state index is 0.0197. The van der Waals surface area contributed by atoms with Crippen molar-refractivity contribution in [3.8, 4) is 17.6 Å². The number of hydrogen-bond donors (Lipinski definition) is 3. The number of benzene rings is 2. The number of ether oxygens (including phenoxy) is 2. The summed E-state index contributed by atoms with van der Waals surface area (Å²) in [6, 6.07) is 13.7. The molecule has 0 bridgehead atoms. The van der Waals surface area contributed by atoms with Crippen molar-refractivity contribution in [1.29, 1.82) is 0 Å². The maximum atomic E-state index is 13.0. The van der Waals surface area contributed by atoms with Gasteiger partial charge in [-0.25, -0.2) is 0 Å². The Balaban J connectivity index is 1.37. The van der Waals surface area contributed by atoms with E-state index in [0.717, 1.165) is 5.56 Å². The molecule has 1 fully saturated rings. The number of carbonyl (C=O) groups is 3. The van der Waals surface area contributed by atoms with E-state index in [1.807, 2.05) is 37.3 Å². The highest BCUT2D eigenvalue weighted by molar-refractivity contribution is 6.35. The maximum absolute atomic E-state index is 13.0. The largest absolute Gasteiger partial charge is 0.489 e. The van der Waals surface area contributed by atoms with Crippen LogP contribution in [0.1, 0.15) is 24.0 Å². The first-order valence-electron chi connectivity index (χ1n) is 11.3. The third-order valence-corrected chi connectivity index (χ3v) is 5.92. The highest BCUT2D eigenvalue weighted by Crippen LogP contribution is 2.31. The summed E-state index contributed by atoms with van der Waals surface area (Å²) in [6.45, 7) is 2.42. The van der Waals surface area contributed by atoms with Crippen LogP contribution in [0, 0.1) is 11.8 Å². The quantitative estimate of drug-likeness (QED) is 0.438. The van der Waals surface area contributed by atoms with Gasteiger partial charge in [0.15, 0.2) is 5.60 Å². The van der Waals surface area contributed by atoms with Gasteiger partial charge < -0.3 is 30.1 Å². The van der Waals surface area contributed by atoms with Gasteiger partial charge in [0.1, 0.15) is 18.4 Å². The van der Waals surface area contributed by atoms with Crippen molar-refractivity contribution in [3.05, 3.63) is 59.7 Å². The highest BCUT2D eigenvalue weighted by atomic mass is 16.5. The summed E-state index contributed by atoms with van der Waals surface area (Å²) >= 11 is 0. The summed E-state index contributed by atoms with van der Waals surface area (Å²) in [6.07, 6.45) is 0.